The summed E-state index contributed by atoms with van der Waals surface area (Å²) >= 11 is 0. The highest BCUT2D eigenvalue weighted by Gasteiger charge is 2.24. The summed E-state index contributed by atoms with van der Waals surface area (Å²) in [5.41, 5.74) is 1.07. The van der Waals surface area contributed by atoms with E-state index in [0.717, 1.165) is 24.9 Å². The lowest BCUT2D eigenvalue weighted by molar-refractivity contribution is 0.369. The number of benzene rings is 1. The minimum absolute atomic E-state index is 0.0204. The van der Waals surface area contributed by atoms with Crippen LogP contribution in [0.1, 0.15) is 32.3 Å². The van der Waals surface area contributed by atoms with Gasteiger partial charge in [-0.05, 0) is 38.1 Å². The molecule has 1 N–H and O–H groups in total. The molecule has 4 nitrogen and oxygen atoms in total. The molecule has 1 aromatic carbocycles. The van der Waals surface area contributed by atoms with Gasteiger partial charge in [-0.3, -0.25) is 0 Å². The molecule has 0 saturated carbocycles. The van der Waals surface area contributed by atoms with Crippen LogP contribution in [0, 0.1) is 0 Å². The average molecular weight is 284 g/mol. The fourth-order valence-corrected chi connectivity index (χ4v) is 3.38. The van der Waals surface area contributed by atoms with Gasteiger partial charge in [0.15, 0.2) is 0 Å². The Kier molecular flexibility index (Phi) is 5.97. The molecule has 0 spiro atoms. The molecule has 0 amide bonds. The predicted molar refractivity (Wildman–Crippen MR) is 78.5 cm³/mol. The maximum Gasteiger partial charge on any atom is 0.243 e. The first-order valence-electron chi connectivity index (χ1n) is 6.65. The van der Waals surface area contributed by atoms with E-state index < -0.39 is 10.0 Å². The molecule has 0 heterocycles. The van der Waals surface area contributed by atoms with Crippen LogP contribution in [0.15, 0.2) is 29.2 Å². The van der Waals surface area contributed by atoms with Gasteiger partial charge in [-0.15, -0.1) is 0 Å². The molecule has 0 radical (unpaired) electrons. The van der Waals surface area contributed by atoms with Gasteiger partial charge < -0.3 is 5.32 Å². The Morgan fingerprint density at radius 3 is 2.32 bits per heavy atom. The molecule has 1 atom stereocenters. The highest BCUT2D eigenvalue weighted by atomic mass is 32.2. The number of hydrogen-bond acceptors (Lipinski definition) is 3. The number of sulfonamides is 1. The van der Waals surface area contributed by atoms with Gasteiger partial charge in [0.1, 0.15) is 0 Å². The summed E-state index contributed by atoms with van der Waals surface area (Å²) in [6.07, 6.45) is 1.84. The molecule has 0 bridgehead atoms. The third-order valence-electron chi connectivity index (χ3n) is 3.31. The molecular weight excluding hydrogens is 260 g/mol. The van der Waals surface area contributed by atoms with Crippen LogP contribution in [0.25, 0.3) is 0 Å². The van der Waals surface area contributed by atoms with E-state index in [1.165, 1.54) is 4.31 Å². The van der Waals surface area contributed by atoms with E-state index in [1.807, 2.05) is 26.1 Å². The molecule has 0 aromatic heterocycles. The van der Waals surface area contributed by atoms with Crippen LogP contribution >= 0.6 is 0 Å². The predicted octanol–water partition coefficient (Wildman–Crippen LogP) is 2.22. The van der Waals surface area contributed by atoms with Crippen molar-refractivity contribution < 1.29 is 8.42 Å². The van der Waals surface area contributed by atoms with Gasteiger partial charge in [-0.25, -0.2) is 8.42 Å². The van der Waals surface area contributed by atoms with Crippen LogP contribution < -0.4 is 5.32 Å². The Morgan fingerprint density at radius 2 is 1.84 bits per heavy atom. The molecule has 0 aliphatic heterocycles. The quantitative estimate of drug-likeness (QED) is 0.835. The van der Waals surface area contributed by atoms with Crippen molar-refractivity contribution in [2.45, 2.75) is 44.2 Å². The van der Waals surface area contributed by atoms with Gasteiger partial charge in [0, 0.05) is 19.6 Å². The molecule has 0 aliphatic rings. The molecule has 0 saturated heterocycles. The average Bonchev–Trinajstić information content (AvgIpc) is 2.39. The van der Waals surface area contributed by atoms with E-state index in [0.29, 0.717) is 4.90 Å². The van der Waals surface area contributed by atoms with Crippen molar-refractivity contribution >= 4 is 10.0 Å². The van der Waals surface area contributed by atoms with Gasteiger partial charge in [0.05, 0.1) is 4.90 Å². The van der Waals surface area contributed by atoms with Crippen LogP contribution in [-0.2, 0) is 16.6 Å². The Hall–Kier alpha value is -0.910. The number of nitrogens with one attached hydrogen (secondary N) is 1. The molecule has 5 heteroatoms. The van der Waals surface area contributed by atoms with Gasteiger partial charge in [0.25, 0.3) is 0 Å². The Labute approximate surface area is 116 Å². The molecule has 108 valence electrons. The Morgan fingerprint density at radius 1 is 1.26 bits per heavy atom. The number of rotatable bonds is 7. The first-order valence-corrected chi connectivity index (χ1v) is 8.09. The number of hydrogen-bond donors (Lipinski definition) is 1. The van der Waals surface area contributed by atoms with Crippen molar-refractivity contribution in [2.75, 3.05) is 14.1 Å². The molecule has 1 aromatic rings. The van der Waals surface area contributed by atoms with E-state index in [4.69, 9.17) is 0 Å². The second kappa shape index (κ2) is 7.03. The van der Waals surface area contributed by atoms with E-state index in [-0.39, 0.29) is 6.04 Å². The van der Waals surface area contributed by atoms with Crippen molar-refractivity contribution in [1.29, 1.82) is 0 Å². The van der Waals surface area contributed by atoms with Gasteiger partial charge >= 0.3 is 0 Å². The lowest BCUT2D eigenvalue weighted by Gasteiger charge is -2.24. The summed E-state index contributed by atoms with van der Waals surface area (Å²) < 4.78 is 26.3. The maximum atomic E-state index is 12.4. The standard InChI is InChI=1S/C14H24N2O2S/c1-5-6-12(2)16(4)19(17,18)14-9-7-13(8-10-14)11-15-3/h7-10,12,15H,5-6,11H2,1-4H3. The minimum atomic E-state index is -3.38. The fourth-order valence-electron chi connectivity index (χ4n) is 1.99. The highest BCUT2D eigenvalue weighted by Crippen LogP contribution is 2.19. The van der Waals surface area contributed by atoms with Crippen molar-refractivity contribution in [3.05, 3.63) is 29.8 Å². The normalized spacial score (nSPS) is 13.7. The zero-order valence-electron chi connectivity index (χ0n) is 12.2. The lowest BCUT2D eigenvalue weighted by atomic mass is 10.2. The third kappa shape index (κ3) is 4.03. The molecule has 19 heavy (non-hydrogen) atoms. The summed E-state index contributed by atoms with van der Waals surface area (Å²) in [5, 5.41) is 3.04. The summed E-state index contributed by atoms with van der Waals surface area (Å²) in [5.74, 6) is 0. The maximum absolute atomic E-state index is 12.4. The first kappa shape index (κ1) is 16.1. The minimum Gasteiger partial charge on any atom is -0.316 e. The molecule has 1 unspecified atom stereocenters. The molecule has 0 aliphatic carbocycles. The van der Waals surface area contributed by atoms with E-state index >= 15 is 0 Å². The zero-order chi connectivity index (χ0) is 14.5. The van der Waals surface area contributed by atoms with Crippen LogP contribution in [-0.4, -0.2) is 32.9 Å². The summed E-state index contributed by atoms with van der Waals surface area (Å²) in [6.45, 7) is 4.74. The second-order valence-electron chi connectivity index (χ2n) is 4.83. The van der Waals surface area contributed by atoms with E-state index in [2.05, 4.69) is 12.2 Å². The van der Waals surface area contributed by atoms with Crippen LogP contribution in [0.3, 0.4) is 0 Å². The smallest absolute Gasteiger partial charge is 0.243 e. The Bertz CT molecular complexity index is 483. The van der Waals surface area contributed by atoms with Crippen molar-refractivity contribution in [3.8, 4) is 0 Å². The molecule has 0 fully saturated rings. The van der Waals surface area contributed by atoms with Gasteiger partial charge in [-0.2, -0.15) is 4.31 Å². The topological polar surface area (TPSA) is 49.4 Å². The lowest BCUT2D eigenvalue weighted by Crippen LogP contribution is -2.34. The van der Waals surface area contributed by atoms with Crippen LogP contribution in [0.2, 0.25) is 0 Å². The van der Waals surface area contributed by atoms with Gasteiger partial charge in [-0.1, -0.05) is 25.5 Å². The van der Waals surface area contributed by atoms with Crippen molar-refractivity contribution in [2.24, 2.45) is 0 Å². The highest BCUT2D eigenvalue weighted by molar-refractivity contribution is 7.89. The van der Waals surface area contributed by atoms with E-state index in [1.54, 1.807) is 19.2 Å². The summed E-state index contributed by atoms with van der Waals surface area (Å²) in [7, 11) is 0.137. The molecular formula is C14H24N2O2S. The zero-order valence-corrected chi connectivity index (χ0v) is 13.0. The Balaban J connectivity index is 2.93. The fraction of sp³-hybridized carbons (Fsp3) is 0.571. The first-order chi connectivity index (χ1) is 8.93. The van der Waals surface area contributed by atoms with Crippen molar-refractivity contribution in [3.63, 3.8) is 0 Å². The summed E-state index contributed by atoms with van der Waals surface area (Å²) in [6, 6.07) is 7.07. The third-order valence-corrected chi connectivity index (χ3v) is 5.29. The van der Waals surface area contributed by atoms with Crippen LogP contribution in [0.4, 0.5) is 0 Å². The van der Waals surface area contributed by atoms with Crippen LogP contribution in [0.5, 0.6) is 0 Å². The largest absolute Gasteiger partial charge is 0.316 e. The SMILES string of the molecule is CCCC(C)N(C)S(=O)(=O)c1ccc(CNC)cc1. The summed E-state index contributed by atoms with van der Waals surface area (Å²) in [4.78, 5) is 0.359. The van der Waals surface area contributed by atoms with Gasteiger partial charge in [0.2, 0.25) is 10.0 Å². The molecule has 1 rings (SSSR count). The van der Waals surface area contributed by atoms with E-state index in [9.17, 15) is 8.42 Å². The monoisotopic (exact) mass is 284 g/mol. The number of nitrogens with zero attached hydrogens (tertiary/aromatic N) is 1. The van der Waals surface area contributed by atoms with Crippen molar-refractivity contribution in [1.82, 2.24) is 9.62 Å². The second-order valence-corrected chi connectivity index (χ2v) is 6.83.